The summed E-state index contributed by atoms with van der Waals surface area (Å²) < 4.78 is 1.78. The van der Waals surface area contributed by atoms with Crippen LogP contribution >= 0.6 is 0 Å². The van der Waals surface area contributed by atoms with Crippen molar-refractivity contribution >= 4 is 5.97 Å². The number of carboxylic acids is 1. The lowest BCUT2D eigenvalue weighted by atomic mass is 10.2. The van der Waals surface area contributed by atoms with E-state index in [1.807, 2.05) is 6.92 Å². The molecule has 0 aliphatic rings. The summed E-state index contributed by atoms with van der Waals surface area (Å²) in [4.78, 5) is 14.9. The molecule has 0 fully saturated rings. The van der Waals surface area contributed by atoms with Gasteiger partial charge in [0.2, 0.25) is 0 Å². The fourth-order valence-corrected chi connectivity index (χ4v) is 1.62. The van der Waals surface area contributed by atoms with Gasteiger partial charge >= 0.3 is 5.97 Å². The van der Waals surface area contributed by atoms with Gasteiger partial charge in [0.15, 0.2) is 0 Å². The molecule has 0 atom stereocenters. The first kappa shape index (κ1) is 11.8. The van der Waals surface area contributed by atoms with Crippen LogP contribution in [0.4, 0.5) is 0 Å². The molecule has 4 nitrogen and oxygen atoms in total. The van der Waals surface area contributed by atoms with Gasteiger partial charge in [-0.25, -0.2) is 9.78 Å². The number of aryl methyl sites for hydroxylation is 1. The Morgan fingerprint density at radius 2 is 2.20 bits per heavy atom. The highest BCUT2D eigenvalue weighted by Crippen LogP contribution is 2.08. The Morgan fingerprint density at radius 3 is 2.80 bits per heavy atom. The number of rotatable bonds is 6. The van der Waals surface area contributed by atoms with Gasteiger partial charge in [-0.3, -0.25) is 0 Å². The lowest BCUT2D eigenvalue weighted by molar-refractivity contribution is 0.0684. The van der Waals surface area contributed by atoms with Crippen LogP contribution in [0.3, 0.4) is 0 Å². The normalized spacial score (nSPS) is 10.5. The van der Waals surface area contributed by atoms with Gasteiger partial charge in [0, 0.05) is 6.54 Å². The van der Waals surface area contributed by atoms with E-state index in [0.717, 1.165) is 25.2 Å². The number of aromatic carboxylic acids is 1. The van der Waals surface area contributed by atoms with Gasteiger partial charge < -0.3 is 9.67 Å². The third kappa shape index (κ3) is 3.08. The second-order valence-electron chi connectivity index (χ2n) is 3.71. The molecule has 0 aliphatic carbocycles. The van der Waals surface area contributed by atoms with Crippen molar-refractivity contribution in [3.63, 3.8) is 0 Å². The number of carbonyl (C=O) groups is 1. The zero-order valence-electron chi connectivity index (χ0n) is 9.36. The molecule has 0 saturated heterocycles. The Labute approximate surface area is 89.9 Å². The Balaban J connectivity index is 2.58. The standard InChI is InChI=1S/C11H18N2O2/c1-3-4-5-6-7-13-9(2)12-8-10(13)11(14)15/h8H,3-7H2,1-2H3,(H,14,15). The second-order valence-corrected chi connectivity index (χ2v) is 3.71. The lowest BCUT2D eigenvalue weighted by Crippen LogP contribution is -2.10. The summed E-state index contributed by atoms with van der Waals surface area (Å²) in [5.41, 5.74) is 0.295. The second kappa shape index (κ2) is 5.53. The first-order valence-electron chi connectivity index (χ1n) is 5.42. The van der Waals surface area contributed by atoms with Crippen LogP contribution in [0, 0.1) is 6.92 Å². The highest BCUT2D eigenvalue weighted by molar-refractivity contribution is 5.85. The van der Waals surface area contributed by atoms with Crippen LogP contribution in [-0.2, 0) is 6.54 Å². The molecule has 1 N–H and O–H groups in total. The van der Waals surface area contributed by atoms with Crippen molar-refractivity contribution in [3.8, 4) is 0 Å². The summed E-state index contributed by atoms with van der Waals surface area (Å²) in [5.74, 6) is -0.116. The van der Waals surface area contributed by atoms with Crippen LogP contribution in [0.2, 0.25) is 0 Å². The molecular weight excluding hydrogens is 192 g/mol. The molecular formula is C11H18N2O2. The molecule has 1 aromatic rings. The van der Waals surface area contributed by atoms with Crippen molar-refractivity contribution in [3.05, 3.63) is 17.7 Å². The minimum atomic E-state index is -0.897. The number of imidazole rings is 1. The van der Waals surface area contributed by atoms with Crippen LogP contribution < -0.4 is 0 Å². The fraction of sp³-hybridized carbons (Fsp3) is 0.636. The molecule has 0 radical (unpaired) electrons. The molecule has 1 heterocycles. The number of aromatic nitrogens is 2. The van der Waals surface area contributed by atoms with E-state index < -0.39 is 5.97 Å². The molecule has 4 heteroatoms. The first-order valence-corrected chi connectivity index (χ1v) is 5.42. The summed E-state index contributed by atoms with van der Waals surface area (Å²) in [6.07, 6.45) is 5.99. The highest BCUT2D eigenvalue weighted by Gasteiger charge is 2.12. The maximum atomic E-state index is 10.9. The number of hydrogen-bond donors (Lipinski definition) is 1. The molecule has 84 valence electrons. The van der Waals surface area contributed by atoms with Gasteiger partial charge in [0.05, 0.1) is 6.20 Å². The van der Waals surface area contributed by atoms with Crippen molar-refractivity contribution in [2.45, 2.75) is 46.1 Å². The van der Waals surface area contributed by atoms with E-state index in [1.165, 1.54) is 19.0 Å². The van der Waals surface area contributed by atoms with Crippen molar-refractivity contribution in [2.24, 2.45) is 0 Å². The molecule has 0 spiro atoms. The zero-order valence-corrected chi connectivity index (χ0v) is 9.36. The van der Waals surface area contributed by atoms with Gasteiger partial charge in [-0.15, -0.1) is 0 Å². The lowest BCUT2D eigenvalue weighted by Gasteiger charge is -2.07. The average molecular weight is 210 g/mol. The predicted octanol–water partition coefficient (Wildman–Crippen LogP) is 2.47. The molecule has 1 aromatic heterocycles. The Bertz CT molecular complexity index is 331. The van der Waals surface area contributed by atoms with Crippen LogP contribution in [-0.4, -0.2) is 20.6 Å². The molecule has 0 aromatic carbocycles. The summed E-state index contributed by atoms with van der Waals surface area (Å²) in [7, 11) is 0. The average Bonchev–Trinajstić information content (AvgIpc) is 2.55. The molecule has 0 amide bonds. The molecule has 1 rings (SSSR count). The third-order valence-corrected chi connectivity index (χ3v) is 2.51. The van der Waals surface area contributed by atoms with Gasteiger partial charge in [-0.2, -0.15) is 0 Å². The Kier molecular flexibility index (Phi) is 4.34. The topological polar surface area (TPSA) is 55.1 Å². The summed E-state index contributed by atoms with van der Waals surface area (Å²) in [6, 6.07) is 0. The number of carboxylic acid groups (broad SMARTS) is 1. The maximum absolute atomic E-state index is 10.9. The van der Waals surface area contributed by atoms with Crippen molar-refractivity contribution < 1.29 is 9.90 Å². The van der Waals surface area contributed by atoms with Crippen molar-refractivity contribution in [1.82, 2.24) is 9.55 Å². The SMILES string of the molecule is CCCCCCn1c(C(=O)O)cnc1C. The minimum Gasteiger partial charge on any atom is -0.477 e. The van der Waals surface area contributed by atoms with E-state index in [0.29, 0.717) is 5.69 Å². The predicted molar refractivity (Wildman–Crippen MR) is 58.1 cm³/mol. The van der Waals surface area contributed by atoms with Crippen LogP contribution in [0.15, 0.2) is 6.20 Å². The number of nitrogens with zero attached hydrogens (tertiary/aromatic N) is 2. The highest BCUT2D eigenvalue weighted by atomic mass is 16.4. The van der Waals surface area contributed by atoms with E-state index in [4.69, 9.17) is 5.11 Å². The summed E-state index contributed by atoms with van der Waals surface area (Å²) >= 11 is 0. The van der Waals surface area contributed by atoms with Crippen LogP contribution in [0.1, 0.15) is 48.9 Å². The molecule has 15 heavy (non-hydrogen) atoms. The van der Waals surface area contributed by atoms with Crippen molar-refractivity contribution in [2.75, 3.05) is 0 Å². The van der Waals surface area contributed by atoms with E-state index in [-0.39, 0.29) is 0 Å². The maximum Gasteiger partial charge on any atom is 0.354 e. The molecule has 0 saturated carbocycles. The molecule has 0 aliphatic heterocycles. The third-order valence-electron chi connectivity index (χ3n) is 2.51. The Hall–Kier alpha value is -1.32. The largest absolute Gasteiger partial charge is 0.477 e. The van der Waals surface area contributed by atoms with Gasteiger partial charge in [-0.05, 0) is 13.3 Å². The van der Waals surface area contributed by atoms with Crippen molar-refractivity contribution in [1.29, 1.82) is 0 Å². The number of unbranched alkanes of at least 4 members (excludes halogenated alkanes) is 3. The molecule has 0 bridgehead atoms. The van der Waals surface area contributed by atoms with E-state index in [2.05, 4.69) is 11.9 Å². The molecule has 0 unspecified atom stereocenters. The van der Waals surface area contributed by atoms with Crippen LogP contribution in [0.25, 0.3) is 0 Å². The van der Waals surface area contributed by atoms with E-state index in [9.17, 15) is 4.79 Å². The van der Waals surface area contributed by atoms with Gasteiger partial charge in [0.1, 0.15) is 11.5 Å². The smallest absolute Gasteiger partial charge is 0.354 e. The quantitative estimate of drug-likeness (QED) is 0.734. The van der Waals surface area contributed by atoms with Gasteiger partial charge in [-0.1, -0.05) is 26.2 Å². The minimum absolute atomic E-state index is 0.295. The summed E-state index contributed by atoms with van der Waals surface area (Å²) in [5, 5.41) is 8.92. The fourth-order valence-electron chi connectivity index (χ4n) is 1.62. The monoisotopic (exact) mass is 210 g/mol. The summed E-state index contributed by atoms with van der Waals surface area (Å²) in [6.45, 7) is 4.75. The van der Waals surface area contributed by atoms with Gasteiger partial charge in [0.25, 0.3) is 0 Å². The van der Waals surface area contributed by atoms with Crippen LogP contribution in [0.5, 0.6) is 0 Å². The van der Waals surface area contributed by atoms with E-state index in [1.54, 1.807) is 4.57 Å². The Morgan fingerprint density at radius 1 is 1.47 bits per heavy atom. The van der Waals surface area contributed by atoms with E-state index >= 15 is 0 Å². The first-order chi connectivity index (χ1) is 7.16. The number of hydrogen-bond acceptors (Lipinski definition) is 2. The zero-order chi connectivity index (χ0) is 11.3.